The number of rotatable bonds is 9. The maximum absolute atomic E-state index is 5.84. The van der Waals surface area contributed by atoms with Gasteiger partial charge in [0.1, 0.15) is 0 Å². The summed E-state index contributed by atoms with van der Waals surface area (Å²) >= 11 is 0. The lowest BCUT2D eigenvalue weighted by atomic mass is 10.2. The van der Waals surface area contributed by atoms with E-state index < -0.39 is 0 Å². The molecule has 24 heavy (non-hydrogen) atoms. The molecule has 0 unspecified atom stereocenters. The highest BCUT2D eigenvalue weighted by Gasteiger charge is 2.00. The van der Waals surface area contributed by atoms with Crippen molar-refractivity contribution in [3.63, 3.8) is 0 Å². The summed E-state index contributed by atoms with van der Waals surface area (Å²) in [5.41, 5.74) is 8.10. The van der Waals surface area contributed by atoms with Crippen molar-refractivity contribution >= 4 is 29.9 Å². The first-order valence-corrected chi connectivity index (χ1v) is 7.94. The second-order valence-corrected chi connectivity index (χ2v) is 5.21. The van der Waals surface area contributed by atoms with Crippen LogP contribution in [0.5, 0.6) is 0 Å². The average Bonchev–Trinajstić information content (AvgIpc) is 3.01. The van der Waals surface area contributed by atoms with E-state index in [1.165, 1.54) is 5.56 Å². The molecule has 1 aromatic carbocycles. The first kappa shape index (κ1) is 20.4. The van der Waals surface area contributed by atoms with Crippen molar-refractivity contribution in [1.82, 2.24) is 15.1 Å². The Morgan fingerprint density at radius 2 is 2.08 bits per heavy atom. The third-order valence-electron chi connectivity index (χ3n) is 3.28. The smallest absolute Gasteiger partial charge is 0.188 e. The van der Waals surface area contributed by atoms with Gasteiger partial charge in [-0.3, -0.25) is 4.68 Å². The highest BCUT2D eigenvalue weighted by molar-refractivity contribution is 14.0. The lowest BCUT2D eigenvalue weighted by Gasteiger charge is -2.05. The second kappa shape index (κ2) is 11.9. The van der Waals surface area contributed by atoms with E-state index in [9.17, 15) is 0 Å². The second-order valence-electron chi connectivity index (χ2n) is 5.21. The summed E-state index contributed by atoms with van der Waals surface area (Å²) < 4.78 is 7.17. The molecule has 2 aromatic rings. The lowest BCUT2D eigenvalue weighted by Crippen LogP contribution is -2.32. The fourth-order valence-electron chi connectivity index (χ4n) is 2.11. The Labute approximate surface area is 160 Å². The van der Waals surface area contributed by atoms with Crippen LogP contribution in [0.1, 0.15) is 24.5 Å². The molecule has 6 nitrogen and oxygen atoms in total. The molecule has 7 heteroatoms. The predicted octanol–water partition coefficient (Wildman–Crippen LogP) is 2.38. The quantitative estimate of drug-likeness (QED) is 0.270. The van der Waals surface area contributed by atoms with E-state index in [2.05, 4.69) is 27.5 Å². The number of hydrogen-bond acceptors (Lipinski definition) is 3. The number of aliphatic imine (C=N–C) groups is 1. The molecule has 0 saturated heterocycles. The molecular weight excluding hydrogens is 417 g/mol. The summed E-state index contributed by atoms with van der Waals surface area (Å²) in [5.74, 6) is 0.456. The fourth-order valence-corrected chi connectivity index (χ4v) is 2.11. The number of nitrogens with zero attached hydrogens (tertiary/aromatic N) is 3. The van der Waals surface area contributed by atoms with Gasteiger partial charge in [0, 0.05) is 31.5 Å². The minimum absolute atomic E-state index is 0. The van der Waals surface area contributed by atoms with Gasteiger partial charge in [0.15, 0.2) is 5.96 Å². The Balaban J connectivity index is 0.00000288. The van der Waals surface area contributed by atoms with E-state index in [0.29, 0.717) is 12.5 Å². The van der Waals surface area contributed by atoms with Gasteiger partial charge in [-0.15, -0.1) is 24.0 Å². The monoisotopic (exact) mass is 443 g/mol. The molecule has 132 valence electrons. The Bertz CT molecular complexity index is 600. The predicted molar refractivity (Wildman–Crippen MR) is 108 cm³/mol. The van der Waals surface area contributed by atoms with Crippen molar-refractivity contribution in [2.24, 2.45) is 10.7 Å². The molecule has 2 rings (SSSR count). The zero-order chi connectivity index (χ0) is 16.3. The summed E-state index contributed by atoms with van der Waals surface area (Å²) in [6, 6.07) is 10.2. The molecule has 0 aliphatic heterocycles. The number of nitrogens with one attached hydrogen (secondary N) is 1. The van der Waals surface area contributed by atoms with Crippen LogP contribution in [0.25, 0.3) is 0 Å². The number of benzene rings is 1. The minimum atomic E-state index is 0. The standard InChI is InChI=1S/C17H25N5O.HI/c1-2-23-10-6-9-19-17(18)20-11-16-12-21-22(14-16)13-15-7-4-3-5-8-15;/h3-5,7-8,12,14H,2,6,9-11,13H2,1H3,(H3,18,19,20);1H. The molecule has 0 atom stereocenters. The van der Waals surface area contributed by atoms with Crippen molar-refractivity contribution in [2.45, 2.75) is 26.4 Å². The van der Waals surface area contributed by atoms with E-state index in [1.54, 1.807) is 0 Å². The molecule has 0 aliphatic rings. The van der Waals surface area contributed by atoms with E-state index in [1.807, 2.05) is 42.2 Å². The van der Waals surface area contributed by atoms with E-state index in [4.69, 9.17) is 10.5 Å². The Morgan fingerprint density at radius 3 is 2.83 bits per heavy atom. The zero-order valence-corrected chi connectivity index (χ0v) is 16.3. The van der Waals surface area contributed by atoms with Crippen LogP contribution in [0.3, 0.4) is 0 Å². The first-order valence-electron chi connectivity index (χ1n) is 7.94. The topological polar surface area (TPSA) is 77.5 Å². The van der Waals surface area contributed by atoms with Crippen molar-refractivity contribution in [2.75, 3.05) is 19.8 Å². The summed E-state index contributed by atoms with van der Waals surface area (Å²) in [5, 5.41) is 7.43. The highest BCUT2D eigenvalue weighted by atomic mass is 127. The molecule has 0 spiro atoms. The van der Waals surface area contributed by atoms with Crippen LogP contribution >= 0.6 is 24.0 Å². The number of guanidine groups is 1. The van der Waals surface area contributed by atoms with Gasteiger partial charge in [-0.1, -0.05) is 30.3 Å². The van der Waals surface area contributed by atoms with Crippen LogP contribution < -0.4 is 11.1 Å². The van der Waals surface area contributed by atoms with Crippen LogP contribution in [-0.2, 0) is 17.8 Å². The van der Waals surface area contributed by atoms with Gasteiger partial charge in [-0.05, 0) is 18.9 Å². The molecule has 0 bridgehead atoms. The largest absolute Gasteiger partial charge is 0.382 e. The number of ether oxygens (including phenoxy) is 1. The van der Waals surface area contributed by atoms with Crippen molar-refractivity contribution < 1.29 is 4.74 Å². The highest BCUT2D eigenvalue weighted by Crippen LogP contribution is 2.04. The molecule has 0 fully saturated rings. The number of nitrogens with two attached hydrogens (primary N) is 1. The van der Waals surface area contributed by atoms with Crippen LogP contribution in [0.2, 0.25) is 0 Å². The van der Waals surface area contributed by atoms with E-state index in [-0.39, 0.29) is 24.0 Å². The zero-order valence-electron chi connectivity index (χ0n) is 14.0. The molecule has 3 N–H and O–H groups in total. The van der Waals surface area contributed by atoms with Gasteiger partial charge in [-0.2, -0.15) is 5.10 Å². The summed E-state index contributed by atoms with van der Waals surface area (Å²) in [4.78, 5) is 4.32. The van der Waals surface area contributed by atoms with Crippen molar-refractivity contribution in [3.05, 3.63) is 53.9 Å². The maximum atomic E-state index is 5.84. The molecule has 0 aliphatic carbocycles. The fraction of sp³-hybridized carbons (Fsp3) is 0.412. The van der Waals surface area contributed by atoms with Gasteiger partial charge < -0.3 is 15.8 Å². The first-order chi connectivity index (χ1) is 11.3. The molecular formula is C17H26IN5O. The Hall–Kier alpha value is -1.61. The van der Waals surface area contributed by atoms with Gasteiger partial charge in [-0.25, -0.2) is 4.99 Å². The SMILES string of the molecule is CCOCCCNC(N)=NCc1cnn(Cc2ccccc2)c1.I. The average molecular weight is 443 g/mol. The van der Waals surface area contributed by atoms with Crippen LogP contribution in [-0.4, -0.2) is 35.5 Å². The van der Waals surface area contributed by atoms with E-state index in [0.717, 1.165) is 38.3 Å². The molecule has 1 heterocycles. The van der Waals surface area contributed by atoms with Gasteiger partial charge in [0.25, 0.3) is 0 Å². The summed E-state index contributed by atoms with van der Waals surface area (Å²) in [6.45, 7) is 5.53. The van der Waals surface area contributed by atoms with Gasteiger partial charge in [0.05, 0.1) is 19.3 Å². The molecule has 1 aromatic heterocycles. The number of aromatic nitrogens is 2. The van der Waals surface area contributed by atoms with Crippen molar-refractivity contribution in [1.29, 1.82) is 0 Å². The van der Waals surface area contributed by atoms with Crippen LogP contribution in [0.4, 0.5) is 0 Å². The van der Waals surface area contributed by atoms with Gasteiger partial charge >= 0.3 is 0 Å². The minimum Gasteiger partial charge on any atom is -0.382 e. The normalized spacial score (nSPS) is 11.1. The molecule has 0 saturated carbocycles. The number of hydrogen-bond donors (Lipinski definition) is 2. The molecule has 0 amide bonds. The third kappa shape index (κ3) is 7.78. The Kier molecular flexibility index (Phi) is 10.1. The maximum Gasteiger partial charge on any atom is 0.188 e. The summed E-state index contributed by atoms with van der Waals surface area (Å²) in [6.07, 6.45) is 4.74. The lowest BCUT2D eigenvalue weighted by molar-refractivity contribution is 0.145. The Morgan fingerprint density at radius 1 is 1.29 bits per heavy atom. The summed E-state index contributed by atoms with van der Waals surface area (Å²) in [7, 11) is 0. The number of halogens is 1. The third-order valence-corrected chi connectivity index (χ3v) is 3.28. The van der Waals surface area contributed by atoms with Crippen LogP contribution in [0, 0.1) is 0 Å². The molecule has 0 radical (unpaired) electrons. The van der Waals surface area contributed by atoms with Gasteiger partial charge in [0.2, 0.25) is 0 Å². The van der Waals surface area contributed by atoms with Crippen LogP contribution in [0.15, 0.2) is 47.7 Å². The van der Waals surface area contributed by atoms with E-state index >= 15 is 0 Å². The van der Waals surface area contributed by atoms with Crippen molar-refractivity contribution in [3.8, 4) is 0 Å².